The number of rotatable bonds is 4. The Kier molecular flexibility index (Phi) is 5.48. The highest BCUT2D eigenvalue weighted by molar-refractivity contribution is 9.10. The number of hydrogen-bond donors (Lipinski definition) is 1. The molecule has 4 nitrogen and oxygen atoms in total. The van der Waals surface area contributed by atoms with E-state index < -0.39 is 0 Å². The first-order valence-corrected chi connectivity index (χ1v) is 12.1. The molecule has 2 aromatic rings. The van der Waals surface area contributed by atoms with E-state index in [1.807, 2.05) is 30.3 Å². The van der Waals surface area contributed by atoms with Crippen LogP contribution in [-0.4, -0.2) is 32.1 Å². The van der Waals surface area contributed by atoms with Crippen LogP contribution in [0.2, 0.25) is 0 Å². The minimum absolute atomic E-state index is 0.0342. The number of anilines is 3. The zero-order valence-corrected chi connectivity index (χ0v) is 19.1. The normalized spacial score (nSPS) is 20.3. The molecule has 30 heavy (non-hydrogen) atoms. The largest absolute Gasteiger partial charge is 0.372 e. The van der Waals surface area contributed by atoms with Gasteiger partial charge in [0, 0.05) is 41.9 Å². The lowest BCUT2D eigenvalue weighted by Gasteiger charge is -2.35. The molecule has 0 radical (unpaired) electrons. The van der Waals surface area contributed by atoms with Gasteiger partial charge in [-0.15, -0.1) is 0 Å². The minimum atomic E-state index is -0.0342. The summed E-state index contributed by atoms with van der Waals surface area (Å²) < 4.78 is 1.05. The van der Waals surface area contributed by atoms with Crippen molar-refractivity contribution in [3.05, 3.63) is 52.5 Å². The average Bonchev–Trinajstić information content (AvgIpc) is 3.55. The lowest BCUT2D eigenvalue weighted by Crippen LogP contribution is -2.35. The third kappa shape index (κ3) is 4.22. The van der Waals surface area contributed by atoms with Gasteiger partial charge in [0.15, 0.2) is 0 Å². The van der Waals surface area contributed by atoms with E-state index in [9.17, 15) is 4.79 Å². The molecule has 5 rings (SSSR count). The summed E-state index contributed by atoms with van der Waals surface area (Å²) in [6, 6.07) is 14.2. The predicted octanol–water partition coefficient (Wildman–Crippen LogP) is 6.07. The Morgan fingerprint density at radius 1 is 0.867 bits per heavy atom. The van der Waals surface area contributed by atoms with Crippen LogP contribution in [0.1, 0.15) is 55.3 Å². The van der Waals surface area contributed by atoms with Crippen molar-refractivity contribution >= 4 is 38.9 Å². The standard InChI is InChI=1S/C25H30BrN3O/c26-20-7-8-22(23(18-20)29-15-11-25(9-10-25)12-16-29)27-24(30)19-5-4-6-21(17-19)28-13-2-1-3-14-28/h4-8,17-18H,1-3,9-16H2,(H,27,30). The Balaban J connectivity index is 1.33. The molecule has 0 atom stereocenters. The SMILES string of the molecule is O=C(Nc1ccc(Br)cc1N1CCC2(CC1)CC2)c1cccc(N2CCCCC2)c1. The van der Waals surface area contributed by atoms with Crippen molar-refractivity contribution in [2.75, 3.05) is 41.3 Å². The molecule has 2 aromatic carbocycles. The van der Waals surface area contributed by atoms with Crippen LogP contribution in [0, 0.1) is 5.41 Å². The second-order valence-corrected chi connectivity index (χ2v) is 10.1. The van der Waals surface area contributed by atoms with Crippen molar-refractivity contribution < 1.29 is 4.79 Å². The maximum absolute atomic E-state index is 13.1. The number of carbonyl (C=O) groups is 1. The molecule has 1 amide bonds. The molecule has 158 valence electrons. The molecular weight excluding hydrogens is 438 g/mol. The zero-order valence-electron chi connectivity index (χ0n) is 17.5. The first-order valence-electron chi connectivity index (χ1n) is 11.3. The van der Waals surface area contributed by atoms with Crippen molar-refractivity contribution in [1.29, 1.82) is 0 Å². The van der Waals surface area contributed by atoms with Gasteiger partial charge in [-0.2, -0.15) is 0 Å². The van der Waals surface area contributed by atoms with Gasteiger partial charge in [0.2, 0.25) is 0 Å². The van der Waals surface area contributed by atoms with Crippen molar-refractivity contribution in [3.63, 3.8) is 0 Å². The van der Waals surface area contributed by atoms with Crippen LogP contribution in [-0.2, 0) is 0 Å². The summed E-state index contributed by atoms with van der Waals surface area (Å²) in [5.41, 5.74) is 4.55. The third-order valence-corrected chi connectivity index (χ3v) is 7.65. The Morgan fingerprint density at radius 2 is 1.63 bits per heavy atom. The molecule has 0 unspecified atom stereocenters. The van der Waals surface area contributed by atoms with Gasteiger partial charge >= 0.3 is 0 Å². The molecule has 5 heteroatoms. The number of hydrogen-bond acceptors (Lipinski definition) is 3. The van der Waals surface area contributed by atoms with Crippen LogP contribution < -0.4 is 15.1 Å². The second kappa shape index (κ2) is 8.26. The van der Waals surface area contributed by atoms with Gasteiger partial charge in [0.25, 0.3) is 5.91 Å². The van der Waals surface area contributed by atoms with Gasteiger partial charge in [-0.05, 0) is 86.8 Å². The number of piperidine rings is 2. The van der Waals surface area contributed by atoms with Crippen LogP contribution in [0.5, 0.6) is 0 Å². The van der Waals surface area contributed by atoms with E-state index in [1.54, 1.807) is 0 Å². The van der Waals surface area contributed by atoms with E-state index in [1.165, 1.54) is 44.9 Å². The minimum Gasteiger partial charge on any atom is -0.372 e. The summed E-state index contributed by atoms with van der Waals surface area (Å²) in [4.78, 5) is 18.0. The highest BCUT2D eigenvalue weighted by Gasteiger charge is 2.44. The van der Waals surface area contributed by atoms with E-state index in [0.717, 1.165) is 53.3 Å². The summed E-state index contributed by atoms with van der Waals surface area (Å²) >= 11 is 3.62. The second-order valence-electron chi connectivity index (χ2n) is 9.20. The fraction of sp³-hybridized carbons (Fsp3) is 0.480. The van der Waals surface area contributed by atoms with Crippen molar-refractivity contribution in [3.8, 4) is 0 Å². The number of halogens is 1. The highest BCUT2D eigenvalue weighted by atomic mass is 79.9. The molecule has 0 aromatic heterocycles. The van der Waals surface area contributed by atoms with Crippen molar-refractivity contribution in [2.24, 2.45) is 5.41 Å². The van der Waals surface area contributed by atoms with Crippen LogP contribution in [0.25, 0.3) is 0 Å². The number of amides is 1. The van der Waals surface area contributed by atoms with Crippen LogP contribution in [0.15, 0.2) is 46.9 Å². The fourth-order valence-electron chi connectivity index (χ4n) is 4.96. The summed E-state index contributed by atoms with van der Waals surface area (Å²) in [6.07, 6.45) is 9.11. The van der Waals surface area contributed by atoms with Gasteiger partial charge < -0.3 is 15.1 Å². The first-order chi connectivity index (χ1) is 14.6. The van der Waals surface area contributed by atoms with Crippen LogP contribution >= 0.6 is 15.9 Å². The van der Waals surface area contributed by atoms with E-state index >= 15 is 0 Å². The molecule has 1 saturated carbocycles. The van der Waals surface area contributed by atoms with E-state index in [4.69, 9.17) is 0 Å². The molecule has 1 aliphatic carbocycles. The van der Waals surface area contributed by atoms with Gasteiger partial charge in [0.05, 0.1) is 11.4 Å². The van der Waals surface area contributed by atoms with E-state index in [0.29, 0.717) is 5.41 Å². The summed E-state index contributed by atoms with van der Waals surface area (Å²) in [5, 5.41) is 3.20. The lowest BCUT2D eigenvalue weighted by atomic mass is 9.93. The van der Waals surface area contributed by atoms with Gasteiger partial charge in [0.1, 0.15) is 0 Å². The lowest BCUT2D eigenvalue weighted by molar-refractivity contribution is 0.102. The zero-order chi connectivity index (χ0) is 20.6. The number of carbonyl (C=O) groups excluding carboxylic acids is 1. The molecule has 3 aliphatic rings. The van der Waals surface area contributed by atoms with Gasteiger partial charge in [-0.3, -0.25) is 4.79 Å². The molecule has 2 heterocycles. The average molecular weight is 468 g/mol. The maximum atomic E-state index is 13.1. The number of nitrogens with one attached hydrogen (secondary N) is 1. The quantitative estimate of drug-likeness (QED) is 0.592. The molecule has 1 spiro atoms. The first kappa shape index (κ1) is 19.9. The smallest absolute Gasteiger partial charge is 0.255 e. The van der Waals surface area contributed by atoms with Crippen molar-refractivity contribution in [2.45, 2.75) is 44.9 Å². The third-order valence-electron chi connectivity index (χ3n) is 7.16. The van der Waals surface area contributed by atoms with Gasteiger partial charge in [-0.25, -0.2) is 0 Å². The van der Waals surface area contributed by atoms with Crippen LogP contribution in [0.4, 0.5) is 17.1 Å². The summed E-state index contributed by atoms with van der Waals surface area (Å²) in [6.45, 7) is 4.31. The molecule has 1 N–H and O–H groups in total. The maximum Gasteiger partial charge on any atom is 0.255 e. The Hall–Kier alpha value is -2.01. The monoisotopic (exact) mass is 467 g/mol. The molecule has 2 saturated heterocycles. The summed E-state index contributed by atoms with van der Waals surface area (Å²) in [7, 11) is 0. The summed E-state index contributed by atoms with van der Waals surface area (Å²) in [5.74, 6) is -0.0342. The highest BCUT2D eigenvalue weighted by Crippen LogP contribution is 2.54. The predicted molar refractivity (Wildman–Crippen MR) is 128 cm³/mol. The number of nitrogens with zero attached hydrogens (tertiary/aromatic N) is 2. The fourth-order valence-corrected chi connectivity index (χ4v) is 5.31. The Labute approximate surface area is 187 Å². The van der Waals surface area contributed by atoms with Gasteiger partial charge in [-0.1, -0.05) is 22.0 Å². The Morgan fingerprint density at radius 3 is 2.37 bits per heavy atom. The molecular formula is C25H30BrN3O. The van der Waals surface area contributed by atoms with E-state index in [2.05, 4.69) is 43.2 Å². The van der Waals surface area contributed by atoms with Crippen molar-refractivity contribution in [1.82, 2.24) is 0 Å². The molecule has 0 bridgehead atoms. The molecule has 3 fully saturated rings. The van der Waals surface area contributed by atoms with E-state index in [-0.39, 0.29) is 5.91 Å². The topological polar surface area (TPSA) is 35.6 Å². The van der Waals surface area contributed by atoms with Crippen LogP contribution in [0.3, 0.4) is 0 Å². The molecule has 2 aliphatic heterocycles. The number of benzene rings is 2. The Bertz CT molecular complexity index is 924.